The van der Waals surface area contributed by atoms with Gasteiger partial charge in [0, 0.05) is 14.7 Å². The fraction of sp³-hybridized carbons (Fsp3) is 0.792. The van der Waals surface area contributed by atoms with Crippen LogP contribution in [0.15, 0.2) is 21.8 Å². The van der Waals surface area contributed by atoms with Crippen LogP contribution in [0.1, 0.15) is 39.5 Å². The van der Waals surface area contributed by atoms with Crippen molar-refractivity contribution in [2.45, 2.75) is 86.1 Å². The molecule has 0 aromatic rings. The number of carbonyl (C=O) groups is 1. The van der Waals surface area contributed by atoms with E-state index in [9.17, 15) is 4.79 Å². The molecule has 0 saturated carbocycles. The molecule has 0 unspecified atom stereocenters. The standard InChI is InChI=1S/C21H37O4Si.3CH3.Sn/c1-7-19-14-20(25-21(19)22)13-17(2)9-8-10-18(3)15-24-16-23-11-12-26(4,5)6;;;;/h10,17,19-20H,1,8-9,11-16H2,2-6H3;3*1H3;/b18-10+;;;;/t17-,19-,20-;;;;/m1..../s1. The van der Waals surface area contributed by atoms with Crippen molar-refractivity contribution in [3.05, 3.63) is 21.8 Å². The van der Waals surface area contributed by atoms with Gasteiger partial charge in [0.1, 0.15) is 6.79 Å². The first-order chi connectivity index (χ1) is 13.8. The molecule has 1 heterocycles. The summed E-state index contributed by atoms with van der Waals surface area (Å²) < 4.78 is 18.1. The molecule has 174 valence electrons. The van der Waals surface area contributed by atoms with Gasteiger partial charge in [-0.2, -0.15) is 0 Å². The molecule has 0 bridgehead atoms. The van der Waals surface area contributed by atoms with Gasteiger partial charge in [-0.3, -0.25) is 0 Å². The van der Waals surface area contributed by atoms with Gasteiger partial charge in [0.25, 0.3) is 0 Å². The number of hydrogen-bond acceptors (Lipinski definition) is 4. The normalized spacial score (nSPS) is 21.6. The summed E-state index contributed by atoms with van der Waals surface area (Å²) in [4.78, 5) is 19.2. The maximum atomic E-state index is 12.3. The van der Waals surface area contributed by atoms with Crippen molar-refractivity contribution >= 4 is 32.4 Å². The van der Waals surface area contributed by atoms with E-state index >= 15 is 0 Å². The number of rotatable bonds is 14. The molecule has 1 aliphatic heterocycles. The topological polar surface area (TPSA) is 44.8 Å². The van der Waals surface area contributed by atoms with Gasteiger partial charge in [-0.1, -0.05) is 19.6 Å². The van der Waals surface area contributed by atoms with Crippen molar-refractivity contribution in [2.75, 3.05) is 20.0 Å². The molecule has 4 nitrogen and oxygen atoms in total. The number of allylic oxidation sites excluding steroid dienone is 1. The zero-order valence-corrected chi connectivity index (χ0v) is 24.7. The van der Waals surface area contributed by atoms with Crippen LogP contribution < -0.4 is 0 Å². The first-order valence-corrected chi connectivity index (χ1v) is 25.2. The van der Waals surface area contributed by atoms with Crippen molar-refractivity contribution in [1.29, 1.82) is 0 Å². The molecule has 1 fully saturated rings. The minimum absolute atomic E-state index is 0.0382. The molecule has 1 saturated heterocycles. The van der Waals surface area contributed by atoms with Crippen LogP contribution in [0.5, 0.6) is 0 Å². The van der Waals surface area contributed by atoms with E-state index in [0.29, 0.717) is 19.3 Å². The molecular weight excluding hydrogens is 499 g/mol. The molecular formula is C24H46O4SiSn. The Bertz CT molecular complexity index is 589. The van der Waals surface area contributed by atoms with Crippen molar-refractivity contribution < 1.29 is 19.0 Å². The summed E-state index contributed by atoms with van der Waals surface area (Å²) in [6.07, 6.45) is 6.23. The molecule has 1 aliphatic rings. The number of esters is 1. The van der Waals surface area contributed by atoms with Gasteiger partial charge in [-0.15, -0.1) is 0 Å². The summed E-state index contributed by atoms with van der Waals surface area (Å²) in [6.45, 7) is 17.5. The van der Waals surface area contributed by atoms with Gasteiger partial charge >= 0.3 is 139 Å². The van der Waals surface area contributed by atoms with Gasteiger partial charge in [-0.25, -0.2) is 0 Å². The Balaban J connectivity index is 2.23. The zero-order chi connectivity index (χ0) is 22.9. The molecule has 0 aliphatic carbocycles. The number of ether oxygens (including phenoxy) is 3. The van der Waals surface area contributed by atoms with E-state index in [2.05, 4.69) is 61.0 Å². The van der Waals surface area contributed by atoms with Crippen LogP contribution in [-0.4, -0.2) is 58.5 Å². The van der Waals surface area contributed by atoms with Gasteiger partial charge in [0.2, 0.25) is 0 Å². The Morgan fingerprint density at radius 3 is 2.57 bits per heavy atom. The van der Waals surface area contributed by atoms with E-state index in [1.807, 2.05) is 0 Å². The summed E-state index contributed by atoms with van der Waals surface area (Å²) in [7, 11) is -1.02. The van der Waals surface area contributed by atoms with Gasteiger partial charge < -0.3 is 4.74 Å². The molecule has 3 atom stereocenters. The molecule has 0 amide bonds. The second-order valence-electron chi connectivity index (χ2n) is 11.3. The van der Waals surface area contributed by atoms with Crippen molar-refractivity contribution in [1.82, 2.24) is 0 Å². The minimum atomic E-state index is -2.27. The number of carbonyl (C=O) groups excluding carboxylic acids is 1. The Kier molecular flexibility index (Phi) is 11.9. The van der Waals surface area contributed by atoms with E-state index in [1.54, 1.807) is 0 Å². The third kappa shape index (κ3) is 11.5. The van der Waals surface area contributed by atoms with Crippen LogP contribution in [0, 0.1) is 11.8 Å². The van der Waals surface area contributed by atoms with Gasteiger partial charge in [0.15, 0.2) is 0 Å². The van der Waals surface area contributed by atoms with E-state index in [4.69, 9.17) is 14.2 Å². The van der Waals surface area contributed by atoms with E-state index in [-0.39, 0.29) is 18.0 Å². The fourth-order valence-electron chi connectivity index (χ4n) is 3.54. The van der Waals surface area contributed by atoms with Crippen LogP contribution in [0.25, 0.3) is 0 Å². The average molecular weight is 545 g/mol. The van der Waals surface area contributed by atoms with E-state index in [1.165, 1.54) is 15.2 Å². The third-order valence-corrected chi connectivity index (χ3v) is 14.0. The first-order valence-electron chi connectivity index (χ1n) is 11.5. The predicted octanol–water partition coefficient (Wildman–Crippen LogP) is 6.43. The second-order valence-corrected chi connectivity index (χ2v) is 31.6. The Hall–Kier alpha value is -0.114. The Labute approximate surface area is 190 Å². The predicted molar refractivity (Wildman–Crippen MR) is 132 cm³/mol. The number of hydrogen-bond donors (Lipinski definition) is 0. The molecule has 0 aromatic carbocycles. The number of cyclic esters (lactones) is 1. The summed E-state index contributed by atoms with van der Waals surface area (Å²) in [5, 5.41) is 0. The summed E-state index contributed by atoms with van der Waals surface area (Å²) in [6, 6.07) is 1.17. The van der Waals surface area contributed by atoms with Gasteiger partial charge in [0.05, 0.1) is 0 Å². The maximum absolute atomic E-state index is 12.3. The zero-order valence-electron chi connectivity index (χ0n) is 20.8. The summed E-state index contributed by atoms with van der Waals surface area (Å²) in [5.41, 5.74) is 1.25. The van der Waals surface area contributed by atoms with Crippen molar-refractivity contribution in [2.24, 2.45) is 11.8 Å². The molecule has 0 spiro atoms. The molecule has 0 N–H and O–H groups in total. The van der Waals surface area contributed by atoms with Crippen LogP contribution in [0.4, 0.5) is 0 Å². The Morgan fingerprint density at radius 1 is 1.30 bits per heavy atom. The Morgan fingerprint density at radius 2 is 1.97 bits per heavy atom. The summed E-state index contributed by atoms with van der Waals surface area (Å²) in [5.74, 6) is 0.442. The van der Waals surface area contributed by atoms with Crippen LogP contribution in [-0.2, 0) is 19.0 Å². The second kappa shape index (κ2) is 12.8. The fourth-order valence-corrected chi connectivity index (χ4v) is 7.96. The van der Waals surface area contributed by atoms with Crippen LogP contribution in [0.3, 0.4) is 0 Å². The average Bonchev–Trinajstić information content (AvgIpc) is 2.95. The van der Waals surface area contributed by atoms with Crippen LogP contribution in [0.2, 0.25) is 40.5 Å². The van der Waals surface area contributed by atoms with E-state index in [0.717, 1.165) is 32.3 Å². The molecule has 1 rings (SSSR count). The summed E-state index contributed by atoms with van der Waals surface area (Å²) >= 11 is -2.27. The van der Waals surface area contributed by atoms with Crippen LogP contribution >= 0.6 is 0 Å². The third-order valence-electron chi connectivity index (χ3n) is 5.76. The van der Waals surface area contributed by atoms with Crippen molar-refractivity contribution in [3.8, 4) is 0 Å². The monoisotopic (exact) mass is 546 g/mol. The van der Waals surface area contributed by atoms with E-state index < -0.39 is 26.5 Å². The first kappa shape index (κ1) is 27.9. The molecule has 6 heteroatoms. The SMILES string of the molecule is C=[C]([C@@H]1C[C@@H](C[C@H](C)CC/C=C(\C)COCOCC[Si](C)(C)C)OC1=O)[Sn]([CH3])([CH3])[CH3]. The van der Waals surface area contributed by atoms with Crippen molar-refractivity contribution in [3.63, 3.8) is 0 Å². The molecule has 0 radical (unpaired) electrons. The molecule has 0 aromatic heterocycles. The van der Waals surface area contributed by atoms with Gasteiger partial charge in [-0.05, 0) is 6.04 Å². The molecule has 30 heavy (non-hydrogen) atoms. The quantitative estimate of drug-likeness (QED) is 0.0830.